The smallest absolute Gasteiger partial charge is 0.224 e. The Labute approximate surface area is 176 Å². The van der Waals surface area contributed by atoms with Crippen LogP contribution in [0.25, 0.3) is 0 Å². The van der Waals surface area contributed by atoms with Gasteiger partial charge in [-0.1, -0.05) is 136 Å². The molecule has 0 aliphatic rings. The van der Waals surface area contributed by atoms with Gasteiger partial charge >= 0.3 is 0 Å². The normalized spacial score (nSPS) is 12.4. The van der Waals surface area contributed by atoms with Crippen LogP contribution >= 0.6 is 11.6 Å². The van der Waals surface area contributed by atoms with E-state index in [1.807, 2.05) is 0 Å². The predicted molar refractivity (Wildman–Crippen MR) is 123 cm³/mol. The third kappa shape index (κ3) is 20.5. The van der Waals surface area contributed by atoms with Crippen molar-refractivity contribution in [2.45, 2.75) is 149 Å². The van der Waals surface area contributed by atoms with E-state index in [9.17, 15) is 4.79 Å². The fourth-order valence-electron chi connectivity index (χ4n) is 3.95. The van der Waals surface area contributed by atoms with Crippen LogP contribution in [-0.2, 0) is 4.79 Å². The lowest BCUT2D eigenvalue weighted by atomic mass is 9.95. The highest BCUT2D eigenvalue weighted by Gasteiger charge is 2.15. The minimum atomic E-state index is -0.0926. The molecule has 0 aliphatic heterocycles. The van der Waals surface area contributed by atoms with E-state index in [0.29, 0.717) is 0 Å². The van der Waals surface area contributed by atoms with Crippen LogP contribution in [0.2, 0.25) is 0 Å². The maximum atomic E-state index is 11.7. The van der Waals surface area contributed by atoms with Crippen LogP contribution in [0, 0.1) is 5.92 Å². The lowest BCUT2D eigenvalue weighted by Crippen LogP contribution is -2.08. The van der Waals surface area contributed by atoms with Gasteiger partial charge in [0.15, 0.2) is 0 Å². The Morgan fingerprint density at radius 1 is 0.519 bits per heavy atom. The van der Waals surface area contributed by atoms with E-state index in [1.165, 1.54) is 122 Å². The van der Waals surface area contributed by atoms with Crippen LogP contribution in [0.15, 0.2) is 0 Å². The molecule has 0 aromatic heterocycles. The molecule has 0 amide bonds. The molecule has 1 nitrogen and oxygen atoms in total. The molecule has 1 unspecified atom stereocenters. The van der Waals surface area contributed by atoms with Gasteiger partial charge < -0.3 is 0 Å². The summed E-state index contributed by atoms with van der Waals surface area (Å²) in [6.45, 7) is 4.54. The lowest BCUT2D eigenvalue weighted by molar-refractivity contribution is -0.115. The van der Waals surface area contributed by atoms with Gasteiger partial charge in [-0.3, -0.25) is 4.79 Å². The molecular formula is C25H49ClO. The third-order valence-electron chi connectivity index (χ3n) is 5.88. The second-order valence-electron chi connectivity index (χ2n) is 8.59. The van der Waals surface area contributed by atoms with Gasteiger partial charge in [0.05, 0.1) is 0 Å². The van der Waals surface area contributed by atoms with Crippen molar-refractivity contribution in [3.8, 4) is 0 Å². The summed E-state index contributed by atoms with van der Waals surface area (Å²) in [6.07, 6.45) is 27.6. The van der Waals surface area contributed by atoms with Gasteiger partial charge in [0.25, 0.3) is 0 Å². The Kier molecular flexibility index (Phi) is 22.2. The van der Waals surface area contributed by atoms with Gasteiger partial charge in [0.1, 0.15) is 0 Å². The molecule has 0 aromatic rings. The zero-order chi connectivity index (χ0) is 20.0. The number of carbonyl (C=O) groups excluding carboxylic acids is 1. The Balaban J connectivity index is 3.45. The van der Waals surface area contributed by atoms with Crippen LogP contribution < -0.4 is 0 Å². The molecule has 27 heavy (non-hydrogen) atoms. The fraction of sp³-hybridized carbons (Fsp3) is 0.960. The average Bonchev–Trinajstić information content (AvgIpc) is 2.66. The molecule has 2 heteroatoms. The van der Waals surface area contributed by atoms with Crippen molar-refractivity contribution in [2.24, 2.45) is 5.92 Å². The van der Waals surface area contributed by atoms with Gasteiger partial charge in [-0.25, -0.2) is 0 Å². The van der Waals surface area contributed by atoms with Crippen molar-refractivity contribution >= 4 is 16.8 Å². The zero-order valence-electron chi connectivity index (χ0n) is 18.7. The summed E-state index contributed by atoms with van der Waals surface area (Å²) in [6, 6.07) is 0. The van der Waals surface area contributed by atoms with E-state index < -0.39 is 0 Å². The number of unbranched alkanes of at least 4 members (excludes halogenated alkanes) is 17. The summed E-state index contributed by atoms with van der Waals surface area (Å²) in [5.74, 6) is 0.116. The summed E-state index contributed by atoms with van der Waals surface area (Å²) < 4.78 is 0. The van der Waals surface area contributed by atoms with Crippen LogP contribution in [0.1, 0.15) is 149 Å². The average molecular weight is 401 g/mol. The highest BCUT2D eigenvalue weighted by atomic mass is 35.5. The maximum absolute atomic E-state index is 11.7. The van der Waals surface area contributed by atoms with Crippen molar-refractivity contribution in [1.29, 1.82) is 0 Å². The van der Waals surface area contributed by atoms with Gasteiger partial charge in [-0.05, 0) is 24.4 Å². The summed E-state index contributed by atoms with van der Waals surface area (Å²) in [4.78, 5) is 11.7. The van der Waals surface area contributed by atoms with E-state index in [1.54, 1.807) is 0 Å². The maximum Gasteiger partial charge on any atom is 0.224 e. The molecular weight excluding hydrogens is 352 g/mol. The molecule has 0 spiro atoms. The minimum Gasteiger partial charge on any atom is -0.281 e. The van der Waals surface area contributed by atoms with E-state index in [4.69, 9.17) is 11.6 Å². The zero-order valence-corrected chi connectivity index (χ0v) is 19.5. The summed E-state index contributed by atoms with van der Waals surface area (Å²) in [5, 5.41) is -0.0926. The largest absolute Gasteiger partial charge is 0.281 e. The van der Waals surface area contributed by atoms with Crippen molar-refractivity contribution < 1.29 is 4.79 Å². The van der Waals surface area contributed by atoms with E-state index in [2.05, 4.69) is 13.8 Å². The Morgan fingerprint density at radius 3 is 1.04 bits per heavy atom. The SMILES string of the molecule is CCCCCCCCCCCCCC(CCCCCCCCCC)C(=O)Cl. The molecule has 1 atom stereocenters. The van der Waals surface area contributed by atoms with Gasteiger partial charge in [0.2, 0.25) is 5.24 Å². The second kappa shape index (κ2) is 22.3. The monoisotopic (exact) mass is 400 g/mol. The van der Waals surface area contributed by atoms with Gasteiger partial charge in [-0.15, -0.1) is 0 Å². The number of halogens is 1. The quantitative estimate of drug-likeness (QED) is 0.130. The number of hydrogen-bond acceptors (Lipinski definition) is 1. The van der Waals surface area contributed by atoms with Crippen LogP contribution in [-0.4, -0.2) is 5.24 Å². The number of hydrogen-bond donors (Lipinski definition) is 0. The molecule has 0 rings (SSSR count). The fourth-order valence-corrected chi connectivity index (χ4v) is 4.17. The molecule has 0 N–H and O–H groups in total. The standard InChI is InChI=1S/C25H49ClO/c1-3-5-7-9-11-13-14-15-17-19-21-23-24(25(26)27)22-20-18-16-12-10-8-6-4-2/h24H,3-23H2,1-2H3. The molecule has 0 bridgehead atoms. The summed E-state index contributed by atoms with van der Waals surface area (Å²) >= 11 is 5.84. The molecule has 0 aromatic carbocycles. The summed E-state index contributed by atoms with van der Waals surface area (Å²) in [7, 11) is 0. The first kappa shape index (κ1) is 27.0. The van der Waals surface area contributed by atoms with E-state index >= 15 is 0 Å². The minimum absolute atomic E-state index is 0.0926. The molecule has 162 valence electrons. The number of rotatable bonds is 22. The number of carbonyl (C=O) groups is 1. The van der Waals surface area contributed by atoms with Crippen molar-refractivity contribution in [2.75, 3.05) is 0 Å². The lowest BCUT2D eigenvalue weighted by Gasteiger charge is -2.12. The second-order valence-corrected chi connectivity index (χ2v) is 8.96. The first-order valence-corrected chi connectivity index (χ1v) is 12.8. The summed E-state index contributed by atoms with van der Waals surface area (Å²) in [5.41, 5.74) is 0. The molecule has 0 saturated carbocycles. The van der Waals surface area contributed by atoms with Crippen LogP contribution in [0.3, 0.4) is 0 Å². The van der Waals surface area contributed by atoms with E-state index in [-0.39, 0.29) is 11.2 Å². The highest BCUT2D eigenvalue weighted by molar-refractivity contribution is 6.63. The molecule has 0 heterocycles. The highest BCUT2D eigenvalue weighted by Crippen LogP contribution is 2.21. The van der Waals surface area contributed by atoms with Gasteiger partial charge in [-0.2, -0.15) is 0 Å². The Bertz CT molecular complexity index is 303. The first-order chi connectivity index (χ1) is 13.2. The van der Waals surface area contributed by atoms with Crippen molar-refractivity contribution in [1.82, 2.24) is 0 Å². The topological polar surface area (TPSA) is 17.1 Å². The molecule has 0 saturated heterocycles. The Hall–Kier alpha value is -0.0400. The Morgan fingerprint density at radius 2 is 0.778 bits per heavy atom. The van der Waals surface area contributed by atoms with Crippen molar-refractivity contribution in [3.05, 3.63) is 0 Å². The van der Waals surface area contributed by atoms with Gasteiger partial charge in [0, 0.05) is 5.92 Å². The van der Waals surface area contributed by atoms with Crippen LogP contribution in [0.5, 0.6) is 0 Å². The molecule has 0 fully saturated rings. The molecule has 0 aliphatic carbocycles. The van der Waals surface area contributed by atoms with Crippen LogP contribution in [0.4, 0.5) is 0 Å². The predicted octanol–water partition coefficient (Wildman–Crippen LogP) is 9.60. The third-order valence-corrected chi connectivity index (χ3v) is 6.19. The van der Waals surface area contributed by atoms with E-state index in [0.717, 1.165) is 12.8 Å². The molecule has 0 radical (unpaired) electrons. The first-order valence-electron chi connectivity index (χ1n) is 12.4. The van der Waals surface area contributed by atoms with Crippen molar-refractivity contribution in [3.63, 3.8) is 0 Å².